The van der Waals surface area contributed by atoms with E-state index < -0.39 is 11.4 Å². The van der Waals surface area contributed by atoms with Gasteiger partial charge in [-0.15, -0.1) is 0 Å². The van der Waals surface area contributed by atoms with Crippen LogP contribution in [0.25, 0.3) is 0 Å². The molecule has 0 spiro atoms. The van der Waals surface area contributed by atoms with Gasteiger partial charge in [0.05, 0.1) is 11.5 Å². The van der Waals surface area contributed by atoms with E-state index in [1.165, 1.54) is 0 Å². The van der Waals surface area contributed by atoms with Crippen LogP contribution in [0, 0.1) is 5.41 Å². The minimum absolute atomic E-state index is 0.225. The molecule has 23 heavy (non-hydrogen) atoms. The maximum absolute atomic E-state index is 12.5. The van der Waals surface area contributed by atoms with Crippen molar-refractivity contribution in [2.75, 3.05) is 0 Å². The van der Waals surface area contributed by atoms with Crippen molar-refractivity contribution in [3.63, 3.8) is 0 Å². The largest absolute Gasteiger partial charge is 0.459 e. The zero-order valence-electron chi connectivity index (χ0n) is 14.8. The van der Waals surface area contributed by atoms with Crippen LogP contribution in [0.1, 0.15) is 70.7 Å². The molecule has 0 bridgehead atoms. The molecule has 4 heteroatoms. The molecule has 0 aromatic heterocycles. The summed E-state index contributed by atoms with van der Waals surface area (Å²) in [4.78, 5) is 24.6. The zero-order chi connectivity index (χ0) is 17.5. The number of carbonyl (C=O) groups excluding carboxylic acids is 2. The first-order chi connectivity index (χ1) is 10.8. The van der Waals surface area contributed by atoms with E-state index in [0.717, 1.165) is 25.7 Å². The van der Waals surface area contributed by atoms with E-state index >= 15 is 0 Å². The molecule has 0 aliphatic heterocycles. The standard InChI is InChI=1S/C19H28O4/c1-6-7-10-13-19(4,5)18(21)23-16-12-9-8-11-15(16)17(20)22-14(2)3/h8-9,11-12,14H,6-7,10,13H2,1-5H3. The fourth-order valence-electron chi connectivity index (χ4n) is 2.16. The van der Waals surface area contributed by atoms with E-state index in [4.69, 9.17) is 9.47 Å². The van der Waals surface area contributed by atoms with E-state index in [-0.39, 0.29) is 23.4 Å². The normalized spacial score (nSPS) is 11.4. The molecule has 0 saturated carbocycles. The first-order valence-corrected chi connectivity index (χ1v) is 8.30. The third-order valence-corrected chi connectivity index (χ3v) is 3.61. The van der Waals surface area contributed by atoms with Crippen LogP contribution in [-0.2, 0) is 9.53 Å². The van der Waals surface area contributed by atoms with Crippen LogP contribution in [0.2, 0.25) is 0 Å². The van der Waals surface area contributed by atoms with Crippen LogP contribution in [0.15, 0.2) is 24.3 Å². The first-order valence-electron chi connectivity index (χ1n) is 8.30. The molecule has 0 N–H and O–H groups in total. The fraction of sp³-hybridized carbons (Fsp3) is 0.579. The second kappa shape index (κ2) is 8.70. The van der Waals surface area contributed by atoms with Gasteiger partial charge in [-0.05, 0) is 46.2 Å². The highest BCUT2D eigenvalue weighted by Crippen LogP contribution is 2.28. The Morgan fingerprint density at radius 2 is 1.78 bits per heavy atom. The van der Waals surface area contributed by atoms with Crippen molar-refractivity contribution in [1.82, 2.24) is 0 Å². The molecule has 0 amide bonds. The smallest absolute Gasteiger partial charge is 0.342 e. The lowest BCUT2D eigenvalue weighted by atomic mass is 9.87. The molecule has 1 rings (SSSR count). The van der Waals surface area contributed by atoms with Crippen LogP contribution in [0.4, 0.5) is 0 Å². The number of esters is 2. The van der Waals surface area contributed by atoms with Crippen LogP contribution in [0.3, 0.4) is 0 Å². The monoisotopic (exact) mass is 320 g/mol. The summed E-state index contributed by atoms with van der Waals surface area (Å²) < 4.78 is 10.7. The molecule has 4 nitrogen and oxygen atoms in total. The van der Waals surface area contributed by atoms with Gasteiger partial charge in [-0.1, -0.05) is 38.3 Å². The summed E-state index contributed by atoms with van der Waals surface area (Å²) in [7, 11) is 0. The number of hydrogen-bond donors (Lipinski definition) is 0. The molecule has 0 fully saturated rings. The third kappa shape index (κ3) is 6.05. The number of benzene rings is 1. The van der Waals surface area contributed by atoms with Gasteiger partial charge in [-0.2, -0.15) is 0 Å². The maximum Gasteiger partial charge on any atom is 0.342 e. The molecule has 0 aliphatic carbocycles. The van der Waals surface area contributed by atoms with Gasteiger partial charge in [0, 0.05) is 0 Å². The highest BCUT2D eigenvalue weighted by molar-refractivity contribution is 5.93. The Balaban J connectivity index is 2.84. The average Bonchev–Trinajstić information content (AvgIpc) is 2.47. The van der Waals surface area contributed by atoms with Gasteiger partial charge in [0.15, 0.2) is 0 Å². The highest BCUT2D eigenvalue weighted by atomic mass is 16.6. The van der Waals surface area contributed by atoms with Gasteiger partial charge in [0.1, 0.15) is 11.3 Å². The minimum Gasteiger partial charge on any atom is -0.459 e. The van der Waals surface area contributed by atoms with Gasteiger partial charge < -0.3 is 9.47 Å². The molecule has 0 aliphatic rings. The van der Waals surface area contributed by atoms with Gasteiger partial charge in [-0.3, -0.25) is 4.79 Å². The predicted molar refractivity (Wildman–Crippen MR) is 90.6 cm³/mol. The molecular weight excluding hydrogens is 292 g/mol. The number of carbonyl (C=O) groups is 2. The Hall–Kier alpha value is -1.84. The lowest BCUT2D eigenvalue weighted by Crippen LogP contribution is -2.29. The quantitative estimate of drug-likeness (QED) is 0.393. The Kier molecular flexibility index (Phi) is 7.27. The summed E-state index contributed by atoms with van der Waals surface area (Å²) in [5.41, 5.74) is -0.302. The number of para-hydroxylation sites is 1. The molecule has 1 aromatic rings. The summed E-state index contributed by atoms with van der Waals surface area (Å²) in [5, 5.41) is 0. The first kappa shape index (κ1) is 19.2. The van der Waals surface area contributed by atoms with E-state index in [1.807, 2.05) is 13.8 Å². The Bertz CT molecular complexity index is 532. The maximum atomic E-state index is 12.5. The molecule has 0 unspecified atom stereocenters. The summed E-state index contributed by atoms with van der Waals surface area (Å²) >= 11 is 0. The zero-order valence-corrected chi connectivity index (χ0v) is 14.8. The topological polar surface area (TPSA) is 52.6 Å². The van der Waals surface area contributed by atoms with E-state index in [1.54, 1.807) is 38.1 Å². The van der Waals surface area contributed by atoms with E-state index in [2.05, 4.69) is 6.92 Å². The SMILES string of the molecule is CCCCCC(C)(C)C(=O)Oc1ccccc1C(=O)OC(C)C. The minimum atomic E-state index is -0.579. The second-order valence-electron chi connectivity index (χ2n) is 6.68. The second-order valence-corrected chi connectivity index (χ2v) is 6.68. The van der Waals surface area contributed by atoms with Crippen molar-refractivity contribution < 1.29 is 19.1 Å². The molecule has 0 heterocycles. The van der Waals surface area contributed by atoms with Crippen LogP contribution in [0.5, 0.6) is 5.75 Å². The summed E-state index contributed by atoms with van der Waals surface area (Å²) in [5.74, 6) is -0.544. The molecule has 0 saturated heterocycles. The van der Waals surface area contributed by atoms with Crippen molar-refractivity contribution >= 4 is 11.9 Å². The summed E-state index contributed by atoms with van der Waals surface area (Å²) in [6.45, 7) is 9.44. The third-order valence-electron chi connectivity index (χ3n) is 3.61. The molecular formula is C19H28O4. The highest BCUT2D eigenvalue weighted by Gasteiger charge is 2.30. The number of hydrogen-bond acceptors (Lipinski definition) is 4. The number of rotatable bonds is 8. The average molecular weight is 320 g/mol. The number of ether oxygens (including phenoxy) is 2. The number of unbranched alkanes of at least 4 members (excludes halogenated alkanes) is 2. The lowest BCUT2D eigenvalue weighted by molar-refractivity contribution is -0.144. The Morgan fingerprint density at radius 3 is 2.39 bits per heavy atom. The fourth-order valence-corrected chi connectivity index (χ4v) is 2.16. The van der Waals surface area contributed by atoms with Crippen LogP contribution >= 0.6 is 0 Å². The van der Waals surface area contributed by atoms with Crippen LogP contribution in [-0.4, -0.2) is 18.0 Å². The van der Waals surface area contributed by atoms with Crippen molar-refractivity contribution in [2.45, 2.75) is 66.4 Å². The summed E-state index contributed by atoms with van der Waals surface area (Å²) in [6, 6.07) is 6.69. The Morgan fingerprint density at radius 1 is 1.13 bits per heavy atom. The Labute approximate surface area is 139 Å². The predicted octanol–water partition coefficient (Wildman–Crippen LogP) is 4.76. The molecule has 128 valence electrons. The van der Waals surface area contributed by atoms with E-state index in [9.17, 15) is 9.59 Å². The molecule has 0 atom stereocenters. The van der Waals surface area contributed by atoms with Gasteiger partial charge in [-0.25, -0.2) is 4.79 Å². The van der Waals surface area contributed by atoms with Crippen molar-refractivity contribution in [3.8, 4) is 5.75 Å². The van der Waals surface area contributed by atoms with Crippen molar-refractivity contribution in [3.05, 3.63) is 29.8 Å². The summed E-state index contributed by atoms with van der Waals surface area (Å²) in [6.07, 6.45) is 3.72. The van der Waals surface area contributed by atoms with Gasteiger partial charge in [0.2, 0.25) is 0 Å². The van der Waals surface area contributed by atoms with Gasteiger partial charge in [0.25, 0.3) is 0 Å². The van der Waals surface area contributed by atoms with Crippen LogP contribution < -0.4 is 4.74 Å². The lowest BCUT2D eigenvalue weighted by Gasteiger charge is -2.23. The van der Waals surface area contributed by atoms with E-state index in [0.29, 0.717) is 0 Å². The van der Waals surface area contributed by atoms with Gasteiger partial charge >= 0.3 is 11.9 Å². The van der Waals surface area contributed by atoms with Crippen molar-refractivity contribution in [2.24, 2.45) is 5.41 Å². The molecule has 1 aromatic carbocycles. The molecule has 0 radical (unpaired) electrons. The van der Waals surface area contributed by atoms with Crippen molar-refractivity contribution in [1.29, 1.82) is 0 Å².